The van der Waals surface area contributed by atoms with Crippen LogP contribution in [-0.4, -0.2) is 12.2 Å². The van der Waals surface area contributed by atoms with E-state index >= 15 is 0 Å². The van der Waals surface area contributed by atoms with E-state index in [-0.39, 0.29) is 6.17 Å². The highest BCUT2D eigenvalue weighted by atomic mass is 15.0. The topological polar surface area (TPSA) is 34.3 Å². The molecule has 2 heteroatoms. The van der Waals surface area contributed by atoms with Crippen molar-refractivity contribution in [1.29, 1.82) is 0 Å². The fourth-order valence-electron chi connectivity index (χ4n) is 2.59. The Balaban J connectivity index is 1.70. The molecular weight excluding hydrogens is 208 g/mol. The van der Waals surface area contributed by atoms with Crippen LogP contribution in [0.4, 0.5) is 0 Å². The van der Waals surface area contributed by atoms with Gasteiger partial charge in [-0.05, 0) is 37.7 Å². The molecule has 1 aromatic carbocycles. The van der Waals surface area contributed by atoms with Crippen LogP contribution in [0.2, 0.25) is 0 Å². The molecule has 0 saturated carbocycles. The second-order valence-corrected chi connectivity index (χ2v) is 5.04. The molecule has 1 aliphatic heterocycles. The molecule has 0 bridgehead atoms. The van der Waals surface area contributed by atoms with E-state index in [9.17, 15) is 5.73 Å². The Labute approximate surface area is 105 Å². The van der Waals surface area contributed by atoms with Gasteiger partial charge >= 0.3 is 0 Å². The average Bonchev–Trinajstić information content (AvgIpc) is 2.55. The van der Waals surface area contributed by atoms with E-state index in [1.54, 1.807) is 0 Å². The number of benzene rings is 1. The van der Waals surface area contributed by atoms with Crippen LogP contribution >= 0.6 is 0 Å². The summed E-state index contributed by atoms with van der Waals surface area (Å²) in [6, 6.07) is 11.2. The van der Waals surface area contributed by atoms with Crippen LogP contribution in [-0.2, 0) is 6.42 Å². The lowest BCUT2D eigenvalue weighted by atomic mass is 10.0. The molecule has 0 aliphatic carbocycles. The van der Waals surface area contributed by atoms with Crippen LogP contribution in [0.5, 0.6) is 0 Å². The number of aryl methyl sites for hydroxylation is 1. The van der Waals surface area contributed by atoms with Gasteiger partial charge in [0.15, 0.2) is 0 Å². The van der Waals surface area contributed by atoms with Crippen LogP contribution in [0.15, 0.2) is 30.3 Å². The SMILES string of the molecule is [N]C1CCCCC(CCCc2ccccc2)N1. The molecule has 2 unspecified atom stereocenters. The van der Waals surface area contributed by atoms with Gasteiger partial charge in [0.1, 0.15) is 0 Å². The van der Waals surface area contributed by atoms with Gasteiger partial charge in [-0.2, -0.15) is 0 Å². The van der Waals surface area contributed by atoms with Gasteiger partial charge in [0.25, 0.3) is 0 Å². The van der Waals surface area contributed by atoms with Gasteiger partial charge in [-0.15, -0.1) is 5.73 Å². The Morgan fingerprint density at radius 3 is 2.71 bits per heavy atom. The minimum absolute atomic E-state index is 0.278. The van der Waals surface area contributed by atoms with Crippen molar-refractivity contribution in [3.05, 3.63) is 35.9 Å². The second-order valence-electron chi connectivity index (χ2n) is 5.04. The van der Waals surface area contributed by atoms with Gasteiger partial charge in [-0.1, -0.05) is 43.2 Å². The standard InChI is InChI=1S/C15H22N2/c16-15-12-5-4-10-14(17-15)11-6-9-13-7-2-1-3-8-13/h1-3,7-8,14-15,17H,4-6,9-12H2. The van der Waals surface area contributed by atoms with Crippen molar-refractivity contribution < 1.29 is 0 Å². The number of rotatable bonds is 4. The molecule has 1 fully saturated rings. The highest BCUT2D eigenvalue weighted by Crippen LogP contribution is 2.16. The van der Waals surface area contributed by atoms with E-state index in [0.717, 1.165) is 19.3 Å². The maximum Gasteiger partial charge on any atom is 0.0928 e. The van der Waals surface area contributed by atoms with Crippen LogP contribution in [0.25, 0.3) is 0 Å². The summed E-state index contributed by atoms with van der Waals surface area (Å²) in [5.74, 6) is 0. The molecule has 1 heterocycles. The van der Waals surface area contributed by atoms with Crippen LogP contribution in [0.1, 0.15) is 44.1 Å². The van der Waals surface area contributed by atoms with E-state index in [0.29, 0.717) is 6.04 Å². The summed E-state index contributed by atoms with van der Waals surface area (Å²) in [5.41, 5.74) is 11.1. The lowest BCUT2D eigenvalue weighted by Gasteiger charge is -2.18. The highest BCUT2D eigenvalue weighted by Gasteiger charge is 2.16. The van der Waals surface area contributed by atoms with Crippen molar-refractivity contribution in [1.82, 2.24) is 11.1 Å². The molecule has 2 nitrogen and oxygen atoms in total. The second kappa shape index (κ2) is 6.77. The summed E-state index contributed by atoms with van der Waals surface area (Å²) < 4.78 is 0. The van der Waals surface area contributed by atoms with Gasteiger partial charge in [0, 0.05) is 6.04 Å². The third-order valence-corrected chi connectivity index (χ3v) is 3.57. The summed E-state index contributed by atoms with van der Waals surface area (Å²) >= 11 is 0. The summed E-state index contributed by atoms with van der Waals surface area (Å²) in [6.45, 7) is 0. The lowest BCUT2D eigenvalue weighted by molar-refractivity contribution is 0.402. The summed E-state index contributed by atoms with van der Waals surface area (Å²) in [4.78, 5) is 0. The summed E-state index contributed by atoms with van der Waals surface area (Å²) in [6.07, 6.45) is 7.78. The Hall–Kier alpha value is -0.860. The van der Waals surface area contributed by atoms with Crippen molar-refractivity contribution in [3.8, 4) is 0 Å². The molecule has 1 aromatic rings. The number of hydrogen-bond donors (Lipinski definition) is 1. The zero-order valence-electron chi connectivity index (χ0n) is 10.4. The van der Waals surface area contributed by atoms with Crippen LogP contribution in [0, 0.1) is 0 Å². The molecule has 0 aromatic heterocycles. The van der Waals surface area contributed by atoms with Gasteiger partial charge in [-0.3, -0.25) is 5.32 Å². The molecule has 0 amide bonds. The third kappa shape index (κ3) is 4.49. The molecule has 2 atom stereocenters. The lowest BCUT2D eigenvalue weighted by Crippen LogP contribution is -2.37. The smallest absolute Gasteiger partial charge is 0.0928 e. The van der Waals surface area contributed by atoms with Crippen LogP contribution in [0.3, 0.4) is 0 Å². The molecule has 1 saturated heterocycles. The minimum Gasteiger partial charge on any atom is -0.297 e. The van der Waals surface area contributed by atoms with Crippen molar-refractivity contribution in [2.24, 2.45) is 0 Å². The number of nitrogens with one attached hydrogen (secondary N) is 1. The van der Waals surface area contributed by atoms with Gasteiger partial charge in [0.05, 0.1) is 6.17 Å². The normalized spacial score (nSPS) is 25.5. The molecule has 92 valence electrons. The first kappa shape index (κ1) is 12.6. The first-order valence-corrected chi connectivity index (χ1v) is 6.82. The zero-order valence-corrected chi connectivity index (χ0v) is 10.4. The van der Waals surface area contributed by atoms with Crippen molar-refractivity contribution in [3.63, 3.8) is 0 Å². The monoisotopic (exact) mass is 230 g/mol. The Morgan fingerprint density at radius 2 is 1.88 bits per heavy atom. The zero-order chi connectivity index (χ0) is 11.9. The van der Waals surface area contributed by atoms with Crippen molar-refractivity contribution in [2.45, 2.75) is 57.2 Å². The van der Waals surface area contributed by atoms with E-state index in [4.69, 9.17) is 0 Å². The minimum atomic E-state index is -0.278. The molecule has 2 radical (unpaired) electrons. The molecule has 0 spiro atoms. The predicted octanol–water partition coefficient (Wildman–Crippen LogP) is 2.94. The van der Waals surface area contributed by atoms with Crippen molar-refractivity contribution >= 4 is 0 Å². The summed E-state index contributed by atoms with van der Waals surface area (Å²) in [5, 5.41) is 3.32. The number of hydrogen-bond acceptors (Lipinski definition) is 1. The quantitative estimate of drug-likeness (QED) is 0.848. The van der Waals surface area contributed by atoms with Gasteiger partial charge in [-0.25, -0.2) is 0 Å². The Morgan fingerprint density at radius 1 is 1.12 bits per heavy atom. The first-order valence-electron chi connectivity index (χ1n) is 6.82. The van der Waals surface area contributed by atoms with Gasteiger partial charge in [0.2, 0.25) is 0 Å². The Kier molecular flexibility index (Phi) is 5.02. The fourth-order valence-corrected chi connectivity index (χ4v) is 2.59. The predicted molar refractivity (Wildman–Crippen MR) is 70.7 cm³/mol. The Bertz CT molecular complexity index is 310. The highest BCUT2D eigenvalue weighted by molar-refractivity contribution is 5.14. The molecule has 2 rings (SSSR count). The summed E-state index contributed by atoms with van der Waals surface area (Å²) in [7, 11) is 0. The van der Waals surface area contributed by atoms with Crippen molar-refractivity contribution in [2.75, 3.05) is 0 Å². The largest absolute Gasteiger partial charge is 0.297 e. The van der Waals surface area contributed by atoms with E-state index in [1.807, 2.05) is 0 Å². The first-order chi connectivity index (χ1) is 8.34. The van der Waals surface area contributed by atoms with E-state index in [1.165, 1.54) is 31.2 Å². The molecular formula is C15H22N2. The maximum absolute atomic E-state index is 9.66. The molecule has 1 aliphatic rings. The number of nitrogens with zero attached hydrogens (tertiary/aromatic N) is 1. The average molecular weight is 230 g/mol. The molecule has 17 heavy (non-hydrogen) atoms. The maximum atomic E-state index is 9.66. The van der Waals surface area contributed by atoms with Crippen LogP contribution < -0.4 is 11.1 Å². The molecule has 1 N–H and O–H groups in total. The third-order valence-electron chi connectivity index (χ3n) is 3.57. The van der Waals surface area contributed by atoms with E-state index < -0.39 is 0 Å². The van der Waals surface area contributed by atoms with Gasteiger partial charge < -0.3 is 0 Å². The van der Waals surface area contributed by atoms with E-state index in [2.05, 4.69) is 35.6 Å². The fraction of sp³-hybridized carbons (Fsp3) is 0.600.